The summed E-state index contributed by atoms with van der Waals surface area (Å²) in [6, 6.07) is 7.13. The fourth-order valence-corrected chi connectivity index (χ4v) is 3.06. The molecule has 0 saturated carbocycles. The SMILES string of the molecule is CCCN(CCC)C1Cc2ccc(CO)cc2C1. The van der Waals surface area contributed by atoms with Gasteiger partial charge in [-0.25, -0.2) is 0 Å². The van der Waals surface area contributed by atoms with Crippen LogP contribution >= 0.6 is 0 Å². The maximum atomic E-state index is 9.20. The minimum absolute atomic E-state index is 0.158. The molecule has 0 bridgehead atoms. The van der Waals surface area contributed by atoms with E-state index in [0.717, 1.165) is 12.0 Å². The molecule has 1 aromatic carbocycles. The second-order valence-corrected chi connectivity index (χ2v) is 5.36. The van der Waals surface area contributed by atoms with Crippen molar-refractivity contribution in [2.45, 2.75) is 52.2 Å². The Labute approximate surface area is 111 Å². The summed E-state index contributed by atoms with van der Waals surface area (Å²) in [5, 5.41) is 9.20. The molecule has 2 nitrogen and oxygen atoms in total. The number of fused-ring (bicyclic) bond motifs is 1. The van der Waals surface area contributed by atoms with E-state index in [2.05, 4.69) is 36.9 Å². The van der Waals surface area contributed by atoms with Crippen LogP contribution in [-0.4, -0.2) is 29.1 Å². The second kappa shape index (κ2) is 6.35. The van der Waals surface area contributed by atoms with Gasteiger partial charge in [-0.1, -0.05) is 32.0 Å². The first kappa shape index (κ1) is 13.6. The third-order valence-electron chi connectivity index (χ3n) is 3.90. The van der Waals surface area contributed by atoms with Crippen molar-refractivity contribution in [3.05, 3.63) is 34.9 Å². The highest BCUT2D eigenvalue weighted by Gasteiger charge is 2.25. The van der Waals surface area contributed by atoms with Gasteiger partial charge in [0, 0.05) is 6.04 Å². The minimum Gasteiger partial charge on any atom is -0.392 e. The van der Waals surface area contributed by atoms with Crippen LogP contribution in [0.25, 0.3) is 0 Å². The summed E-state index contributed by atoms with van der Waals surface area (Å²) >= 11 is 0. The number of aliphatic hydroxyl groups is 1. The highest BCUT2D eigenvalue weighted by molar-refractivity contribution is 5.37. The van der Waals surface area contributed by atoms with E-state index in [1.807, 2.05) is 0 Å². The molecule has 0 saturated heterocycles. The van der Waals surface area contributed by atoms with Gasteiger partial charge in [0.25, 0.3) is 0 Å². The van der Waals surface area contributed by atoms with Crippen LogP contribution in [0.4, 0.5) is 0 Å². The third kappa shape index (κ3) is 2.93. The van der Waals surface area contributed by atoms with Crippen LogP contribution in [-0.2, 0) is 19.4 Å². The van der Waals surface area contributed by atoms with Gasteiger partial charge < -0.3 is 5.11 Å². The number of hydrogen-bond acceptors (Lipinski definition) is 2. The smallest absolute Gasteiger partial charge is 0.0681 e. The molecular formula is C16H25NO. The lowest BCUT2D eigenvalue weighted by atomic mass is 10.1. The molecule has 2 rings (SSSR count). The Morgan fingerprint density at radius 2 is 1.78 bits per heavy atom. The number of aliphatic hydroxyl groups excluding tert-OH is 1. The lowest BCUT2D eigenvalue weighted by Crippen LogP contribution is -2.37. The Balaban J connectivity index is 2.07. The van der Waals surface area contributed by atoms with Crippen LogP contribution in [0.1, 0.15) is 43.4 Å². The largest absolute Gasteiger partial charge is 0.392 e. The van der Waals surface area contributed by atoms with Gasteiger partial charge in [0.2, 0.25) is 0 Å². The molecule has 0 spiro atoms. The first-order valence-corrected chi connectivity index (χ1v) is 7.24. The number of hydrogen-bond donors (Lipinski definition) is 1. The zero-order chi connectivity index (χ0) is 13.0. The normalized spacial score (nSPS) is 18.3. The predicted octanol–water partition coefficient (Wildman–Crippen LogP) is 2.77. The quantitative estimate of drug-likeness (QED) is 0.835. The van der Waals surface area contributed by atoms with E-state index < -0.39 is 0 Å². The molecule has 0 fully saturated rings. The highest BCUT2D eigenvalue weighted by atomic mass is 16.3. The van der Waals surface area contributed by atoms with Crippen molar-refractivity contribution in [2.75, 3.05) is 13.1 Å². The highest BCUT2D eigenvalue weighted by Crippen LogP contribution is 2.27. The number of rotatable bonds is 6. The topological polar surface area (TPSA) is 23.5 Å². The average molecular weight is 247 g/mol. The summed E-state index contributed by atoms with van der Waals surface area (Å²) < 4.78 is 0. The van der Waals surface area contributed by atoms with Gasteiger partial charge in [-0.05, 0) is 55.5 Å². The molecule has 0 heterocycles. The molecule has 0 aliphatic heterocycles. The molecule has 1 aliphatic carbocycles. The van der Waals surface area contributed by atoms with E-state index in [9.17, 15) is 5.11 Å². The lowest BCUT2D eigenvalue weighted by Gasteiger charge is -2.27. The van der Waals surface area contributed by atoms with Crippen molar-refractivity contribution >= 4 is 0 Å². The fourth-order valence-electron chi connectivity index (χ4n) is 3.06. The predicted molar refractivity (Wildman–Crippen MR) is 75.7 cm³/mol. The molecular weight excluding hydrogens is 222 g/mol. The van der Waals surface area contributed by atoms with Gasteiger partial charge in [-0.2, -0.15) is 0 Å². The molecule has 18 heavy (non-hydrogen) atoms. The zero-order valence-corrected chi connectivity index (χ0v) is 11.7. The fraction of sp³-hybridized carbons (Fsp3) is 0.625. The molecule has 100 valence electrons. The monoisotopic (exact) mass is 247 g/mol. The molecule has 0 aromatic heterocycles. The second-order valence-electron chi connectivity index (χ2n) is 5.36. The van der Waals surface area contributed by atoms with Crippen molar-refractivity contribution in [1.82, 2.24) is 4.90 Å². The van der Waals surface area contributed by atoms with E-state index >= 15 is 0 Å². The molecule has 1 N–H and O–H groups in total. The molecule has 0 amide bonds. The van der Waals surface area contributed by atoms with Crippen molar-refractivity contribution < 1.29 is 5.11 Å². The van der Waals surface area contributed by atoms with Crippen molar-refractivity contribution in [3.63, 3.8) is 0 Å². The zero-order valence-electron chi connectivity index (χ0n) is 11.7. The standard InChI is InChI=1S/C16H25NO/c1-3-7-17(8-4-2)16-10-14-6-5-13(12-18)9-15(14)11-16/h5-6,9,16,18H,3-4,7-8,10-12H2,1-2H3. The lowest BCUT2D eigenvalue weighted by molar-refractivity contribution is 0.202. The van der Waals surface area contributed by atoms with Crippen molar-refractivity contribution in [1.29, 1.82) is 0 Å². The summed E-state index contributed by atoms with van der Waals surface area (Å²) in [5.74, 6) is 0. The van der Waals surface area contributed by atoms with Gasteiger partial charge in [0.05, 0.1) is 6.61 Å². The van der Waals surface area contributed by atoms with E-state index in [1.165, 1.54) is 43.5 Å². The Kier molecular flexibility index (Phi) is 4.79. The average Bonchev–Trinajstić information content (AvgIpc) is 2.81. The Hall–Kier alpha value is -0.860. The third-order valence-corrected chi connectivity index (χ3v) is 3.90. The minimum atomic E-state index is 0.158. The molecule has 1 aromatic rings. The van der Waals surface area contributed by atoms with E-state index in [0.29, 0.717) is 6.04 Å². The summed E-state index contributed by atoms with van der Waals surface area (Å²) in [6.07, 6.45) is 4.80. The Bertz CT molecular complexity index is 383. The van der Waals surface area contributed by atoms with Gasteiger partial charge in [-0.3, -0.25) is 4.90 Å². The van der Waals surface area contributed by atoms with Crippen LogP contribution in [0.15, 0.2) is 18.2 Å². The molecule has 2 heteroatoms. The van der Waals surface area contributed by atoms with E-state index in [4.69, 9.17) is 0 Å². The number of benzene rings is 1. The molecule has 1 unspecified atom stereocenters. The molecule has 1 atom stereocenters. The summed E-state index contributed by atoms with van der Waals surface area (Å²) in [6.45, 7) is 7.09. The van der Waals surface area contributed by atoms with Crippen LogP contribution in [0.3, 0.4) is 0 Å². The molecule has 0 radical (unpaired) electrons. The van der Waals surface area contributed by atoms with E-state index in [-0.39, 0.29) is 6.61 Å². The van der Waals surface area contributed by atoms with Crippen LogP contribution in [0.5, 0.6) is 0 Å². The van der Waals surface area contributed by atoms with Crippen molar-refractivity contribution in [2.24, 2.45) is 0 Å². The summed E-state index contributed by atoms with van der Waals surface area (Å²) in [7, 11) is 0. The summed E-state index contributed by atoms with van der Waals surface area (Å²) in [5.41, 5.74) is 3.98. The van der Waals surface area contributed by atoms with Gasteiger partial charge in [-0.15, -0.1) is 0 Å². The van der Waals surface area contributed by atoms with Crippen LogP contribution in [0.2, 0.25) is 0 Å². The van der Waals surface area contributed by atoms with E-state index in [1.54, 1.807) is 0 Å². The van der Waals surface area contributed by atoms with Crippen LogP contribution in [0, 0.1) is 0 Å². The first-order valence-electron chi connectivity index (χ1n) is 7.24. The Morgan fingerprint density at radius 1 is 1.11 bits per heavy atom. The number of nitrogens with zero attached hydrogens (tertiary/aromatic N) is 1. The maximum absolute atomic E-state index is 9.20. The first-order chi connectivity index (χ1) is 8.78. The van der Waals surface area contributed by atoms with Crippen LogP contribution < -0.4 is 0 Å². The maximum Gasteiger partial charge on any atom is 0.0681 e. The van der Waals surface area contributed by atoms with Crippen molar-refractivity contribution in [3.8, 4) is 0 Å². The van der Waals surface area contributed by atoms with Gasteiger partial charge >= 0.3 is 0 Å². The van der Waals surface area contributed by atoms with Gasteiger partial charge in [0.1, 0.15) is 0 Å². The van der Waals surface area contributed by atoms with Gasteiger partial charge in [0.15, 0.2) is 0 Å². The Morgan fingerprint density at radius 3 is 2.39 bits per heavy atom. The summed E-state index contributed by atoms with van der Waals surface area (Å²) in [4.78, 5) is 2.64. The molecule has 1 aliphatic rings.